The molecule has 1 heterocycles. The van der Waals surface area contributed by atoms with Crippen LogP contribution >= 0.6 is 0 Å². The molecule has 1 aromatic carbocycles. The number of carbonyl (C=O) groups is 1. The van der Waals surface area contributed by atoms with Gasteiger partial charge in [0.25, 0.3) is 0 Å². The van der Waals surface area contributed by atoms with Crippen LogP contribution < -0.4 is 4.90 Å². The number of hydrogen-bond acceptors (Lipinski definition) is 3. The molecule has 3 rings (SSSR count). The SMILES string of the molecule is CCc1ccccc1N(C(=O)C1CCCCC1)C1C=CS(=O)(=O)C1. The Balaban J connectivity index is 1.97. The van der Waals surface area contributed by atoms with Crippen LogP contribution in [0.5, 0.6) is 0 Å². The number of benzene rings is 1. The van der Waals surface area contributed by atoms with Crippen LogP contribution in [0.1, 0.15) is 44.6 Å². The first kappa shape index (κ1) is 17.2. The minimum Gasteiger partial charge on any atom is -0.304 e. The van der Waals surface area contributed by atoms with Crippen molar-refractivity contribution in [2.24, 2.45) is 5.92 Å². The molecule has 0 N–H and O–H groups in total. The van der Waals surface area contributed by atoms with Gasteiger partial charge in [0.15, 0.2) is 9.84 Å². The van der Waals surface area contributed by atoms with Gasteiger partial charge in [-0.2, -0.15) is 0 Å². The van der Waals surface area contributed by atoms with Crippen molar-refractivity contribution in [3.63, 3.8) is 0 Å². The summed E-state index contributed by atoms with van der Waals surface area (Å²) >= 11 is 0. The summed E-state index contributed by atoms with van der Waals surface area (Å²) in [5.74, 6) is 0.0893. The van der Waals surface area contributed by atoms with Crippen LogP contribution in [0.3, 0.4) is 0 Å². The number of para-hydroxylation sites is 1. The van der Waals surface area contributed by atoms with Crippen LogP contribution in [0.2, 0.25) is 0 Å². The van der Waals surface area contributed by atoms with Crippen LogP contribution in [-0.2, 0) is 21.1 Å². The highest BCUT2D eigenvalue weighted by atomic mass is 32.2. The lowest BCUT2D eigenvalue weighted by Gasteiger charge is -2.34. The molecule has 0 radical (unpaired) electrons. The molecule has 0 bridgehead atoms. The molecule has 1 aromatic rings. The highest BCUT2D eigenvalue weighted by Gasteiger charge is 2.35. The molecule has 1 atom stereocenters. The third kappa shape index (κ3) is 3.56. The summed E-state index contributed by atoms with van der Waals surface area (Å²) in [5, 5.41) is 1.26. The Morgan fingerprint density at radius 1 is 1.17 bits per heavy atom. The zero-order chi connectivity index (χ0) is 17.2. The highest BCUT2D eigenvalue weighted by molar-refractivity contribution is 7.94. The summed E-state index contributed by atoms with van der Waals surface area (Å²) in [6.45, 7) is 2.06. The predicted octanol–water partition coefficient (Wildman–Crippen LogP) is 3.47. The quantitative estimate of drug-likeness (QED) is 0.838. The van der Waals surface area contributed by atoms with Gasteiger partial charge in [0.1, 0.15) is 0 Å². The summed E-state index contributed by atoms with van der Waals surface area (Å²) in [5.41, 5.74) is 1.95. The van der Waals surface area contributed by atoms with Crippen LogP contribution in [0.25, 0.3) is 0 Å². The van der Waals surface area contributed by atoms with Crippen molar-refractivity contribution in [3.05, 3.63) is 41.3 Å². The molecule has 1 saturated carbocycles. The fourth-order valence-corrected chi connectivity index (χ4v) is 5.04. The van der Waals surface area contributed by atoms with E-state index in [0.717, 1.165) is 43.4 Å². The van der Waals surface area contributed by atoms with Gasteiger partial charge in [-0.1, -0.05) is 44.4 Å². The molecule has 1 fully saturated rings. The van der Waals surface area contributed by atoms with E-state index >= 15 is 0 Å². The molecule has 4 nitrogen and oxygen atoms in total. The number of hydrogen-bond donors (Lipinski definition) is 0. The average Bonchev–Trinajstić information content (AvgIpc) is 2.96. The summed E-state index contributed by atoms with van der Waals surface area (Å²) in [6, 6.07) is 7.45. The van der Waals surface area contributed by atoms with E-state index in [1.165, 1.54) is 11.8 Å². The van der Waals surface area contributed by atoms with Crippen molar-refractivity contribution in [3.8, 4) is 0 Å². The summed E-state index contributed by atoms with van der Waals surface area (Å²) < 4.78 is 23.8. The third-order valence-electron chi connectivity index (χ3n) is 5.07. The molecule has 1 aliphatic heterocycles. The lowest BCUT2D eigenvalue weighted by Crippen LogP contribution is -2.45. The first-order valence-electron chi connectivity index (χ1n) is 8.84. The maximum atomic E-state index is 13.3. The molecule has 0 spiro atoms. The third-order valence-corrected chi connectivity index (χ3v) is 6.44. The maximum Gasteiger partial charge on any atom is 0.230 e. The number of carbonyl (C=O) groups excluding carboxylic acids is 1. The van der Waals surface area contributed by atoms with Crippen molar-refractivity contribution in [1.82, 2.24) is 0 Å². The number of amides is 1. The lowest BCUT2D eigenvalue weighted by molar-refractivity contribution is -0.123. The van der Waals surface area contributed by atoms with Gasteiger partial charge in [-0.15, -0.1) is 0 Å². The summed E-state index contributed by atoms with van der Waals surface area (Å²) in [6.07, 6.45) is 7.65. The molecule has 0 saturated heterocycles. The van der Waals surface area contributed by atoms with Crippen molar-refractivity contribution in [2.45, 2.75) is 51.5 Å². The van der Waals surface area contributed by atoms with Crippen LogP contribution in [0.4, 0.5) is 5.69 Å². The Morgan fingerprint density at radius 2 is 1.88 bits per heavy atom. The van der Waals surface area contributed by atoms with Crippen molar-refractivity contribution in [1.29, 1.82) is 0 Å². The van der Waals surface area contributed by atoms with E-state index in [0.29, 0.717) is 0 Å². The first-order valence-corrected chi connectivity index (χ1v) is 10.6. The van der Waals surface area contributed by atoms with E-state index < -0.39 is 15.9 Å². The molecule has 2 aliphatic rings. The van der Waals surface area contributed by atoms with Crippen LogP contribution in [0, 0.1) is 5.92 Å². The predicted molar refractivity (Wildman–Crippen MR) is 96.6 cm³/mol. The molecule has 1 aliphatic carbocycles. The highest BCUT2D eigenvalue weighted by Crippen LogP contribution is 2.32. The molecular formula is C19H25NO3S. The van der Waals surface area contributed by atoms with E-state index in [1.807, 2.05) is 24.3 Å². The van der Waals surface area contributed by atoms with Gasteiger partial charge in [-0.3, -0.25) is 4.79 Å². The van der Waals surface area contributed by atoms with Crippen LogP contribution in [-0.4, -0.2) is 26.1 Å². The van der Waals surface area contributed by atoms with Crippen molar-refractivity contribution in [2.75, 3.05) is 10.7 Å². The Labute approximate surface area is 144 Å². The molecule has 0 aromatic heterocycles. The van der Waals surface area contributed by atoms with E-state index in [2.05, 4.69) is 6.92 Å². The molecule has 24 heavy (non-hydrogen) atoms. The fraction of sp³-hybridized carbons (Fsp3) is 0.526. The minimum absolute atomic E-state index is 0.0104. The molecule has 1 unspecified atom stereocenters. The Kier molecular flexibility index (Phi) is 5.09. The van der Waals surface area contributed by atoms with E-state index in [9.17, 15) is 13.2 Å². The number of anilines is 1. The van der Waals surface area contributed by atoms with Gasteiger partial charge >= 0.3 is 0 Å². The average molecular weight is 347 g/mol. The Bertz CT molecular complexity index is 733. The fourth-order valence-electron chi connectivity index (χ4n) is 3.77. The zero-order valence-electron chi connectivity index (χ0n) is 14.1. The largest absolute Gasteiger partial charge is 0.304 e. The Hall–Kier alpha value is -1.62. The van der Waals surface area contributed by atoms with Gasteiger partial charge in [0.05, 0.1) is 11.8 Å². The van der Waals surface area contributed by atoms with Gasteiger partial charge in [-0.25, -0.2) is 8.42 Å². The van der Waals surface area contributed by atoms with Gasteiger partial charge in [0.2, 0.25) is 5.91 Å². The van der Waals surface area contributed by atoms with E-state index in [1.54, 1.807) is 11.0 Å². The van der Waals surface area contributed by atoms with Gasteiger partial charge < -0.3 is 4.90 Å². The van der Waals surface area contributed by atoms with Gasteiger partial charge in [0, 0.05) is 17.0 Å². The number of aryl methyl sites for hydroxylation is 1. The van der Waals surface area contributed by atoms with E-state index in [-0.39, 0.29) is 17.6 Å². The second-order valence-corrected chi connectivity index (χ2v) is 8.68. The second kappa shape index (κ2) is 7.09. The zero-order valence-corrected chi connectivity index (χ0v) is 15.0. The topological polar surface area (TPSA) is 54.5 Å². The van der Waals surface area contributed by atoms with Gasteiger partial charge in [-0.05, 0) is 37.0 Å². The monoisotopic (exact) mass is 347 g/mol. The smallest absolute Gasteiger partial charge is 0.230 e. The summed E-state index contributed by atoms with van der Waals surface area (Å²) in [7, 11) is -3.21. The number of rotatable bonds is 4. The minimum atomic E-state index is -3.21. The Morgan fingerprint density at radius 3 is 2.50 bits per heavy atom. The van der Waals surface area contributed by atoms with Crippen molar-refractivity contribution >= 4 is 21.4 Å². The lowest BCUT2D eigenvalue weighted by atomic mass is 9.87. The number of sulfone groups is 1. The number of nitrogens with zero attached hydrogens (tertiary/aromatic N) is 1. The van der Waals surface area contributed by atoms with Crippen molar-refractivity contribution < 1.29 is 13.2 Å². The summed E-state index contributed by atoms with van der Waals surface area (Å²) in [4.78, 5) is 15.0. The normalized spacial score (nSPS) is 23.3. The standard InChI is InChI=1S/C19H25NO3S/c1-2-15-8-6-7-11-18(15)20(17-12-13-24(22,23)14-17)19(21)16-9-4-3-5-10-16/h6-8,11-13,16-17H,2-5,9-10,14H2,1H3. The molecule has 5 heteroatoms. The molecule has 1 amide bonds. The second-order valence-electron chi connectivity index (χ2n) is 6.75. The molecular weight excluding hydrogens is 322 g/mol. The maximum absolute atomic E-state index is 13.3. The molecule has 130 valence electrons. The van der Waals surface area contributed by atoms with Crippen LogP contribution in [0.15, 0.2) is 35.7 Å². The van der Waals surface area contributed by atoms with E-state index in [4.69, 9.17) is 0 Å². The first-order chi connectivity index (χ1) is 11.5.